The molecule has 5 nitrogen and oxygen atoms in total. The minimum atomic E-state index is -0.548. The lowest BCUT2D eigenvalue weighted by Crippen LogP contribution is -2.30. The number of anilines is 1. The molecule has 0 unspecified atom stereocenters. The predicted octanol–water partition coefficient (Wildman–Crippen LogP) is 6.02. The van der Waals surface area contributed by atoms with E-state index in [1.165, 1.54) is 17.8 Å². The van der Waals surface area contributed by atoms with Crippen molar-refractivity contribution in [2.75, 3.05) is 11.1 Å². The topological polar surface area (TPSA) is 82.0 Å². The highest BCUT2D eigenvalue weighted by Crippen LogP contribution is 2.27. The summed E-state index contributed by atoms with van der Waals surface area (Å²) in [6.45, 7) is 0. The molecule has 8 heteroatoms. The highest BCUT2D eigenvalue weighted by atomic mass is 35.5. The standard InChI is InChI=1S/C24H17Cl2N3O2S/c25-20-10-5-11-21(26)19(20)15-22(29-23(30)16-6-2-1-3-7-16)24(31)28-17-8-4-9-18(14-17)32-13-12-27/h1-11,14-15H,13H2,(H,28,31)(H,29,30)/b22-15+. The second-order valence-corrected chi connectivity index (χ2v) is 8.31. The first-order valence-corrected chi connectivity index (χ1v) is 11.2. The van der Waals surface area contributed by atoms with Gasteiger partial charge in [-0.2, -0.15) is 5.26 Å². The number of carbonyl (C=O) groups is 2. The third-order valence-electron chi connectivity index (χ3n) is 4.21. The van der Waals surface area contributed by atoms with Gasteiger partial charge in [-0.3, -0.25) is 9.59 Å². The van der Waals surface area contributed by atoms with Crippen molar-refractivity contribution in [3.63, 3.8) is 0 Å². The van der Waals surface area contributed by atoms with Gasteiger partial charge in [0.2, 0.25) is 0 Å². The van der Waals surface area contributed by atoms with Crippen LogP contribution < -0.4 is 10.6 Å². The van der Waals surface area contributed by atoms with Crippen molar-refractivity contribution in [2.24, 2.45) is 0 Å². The van der Waals surface area contributed by atoms with Crippen LogP contribution in [0.5, 0.6) is 0 Å². The molecular formula is C24H17Cl2N3O2S. The Balaban J connectivity index is 1.91. The second-order valence-electron chi connectivity index (χ2n) is 6.44. The normalized spacial score (nSPS) is 10.8. The Kier molecular flexibility index (Phi) is 8.34. The first kappa shape index (κ1) is 23.4. The zero-order valence-electron chi connectivity index (χ0n) is 16.6. The zero-order valence-corrected chi connectivity index (χ0v) is 19.0. The van der Waals surface area contributed by atoms with E-state index in [9.17, 15) is 9.59 Å². The van der Waals surface area contributed by atoms with Crippen LogP contribution in [0.25, 0.3) is 6.08 Å². The van der Waals surface area contributed by atoms with E-state index in [-0.39, 0.29) is 5.70 Å². The number of carbonyl (C=O) groups excluding carboxylic acids is 2. The van der Waals surface area contributed by atoms with Gasteiger partial charge in [0.1, 0.15) is 5.70 Å². The first-order chi connectivity index (χ1) is 15.5. The van der Waals surface area contributed by atoms with Crippen LogP contribution in [0.15, 0.2) is 83.4 Å². The van der Waals surface area contributed by atoms with Crippen LogP contribution in [-0.4, -0.2) is 17.6 Å². The van der Waals surface area contributed by atoms with Crippen molar-refractivity contribution in [3.05, 3.63) is 99.7 Å². The van der Waals surface area contributed by atoms with Gasteiger partial charge in [0, 0.05) is 31.8 Å². The van der Waals surface area contributed by atoms with Gasteiger partial charge >= 0.3 is 0 Å². The van der Waals surface area contributed by atoms with Crippen molar-refractivity contribution in [1.82, 2.24) is 5.32 Å². The molecule has 0 atom stereocenters. The summed E-state index contributed by atoms with van der Waals surface area (Å²) in [7, 11) is 0. The van der Waals surface area contributed by atoms with Crippen LogP contribution in [0.3, 0.4) is 0 Å². The molecule has 160 valence electrons. The third-order valence-corrected chi connectivity index (χ3v) is 5.73. The molecule has 0 spiro atoms. The molecule has 0 saturated carbocycles. The number of nitrogens with one attached hydrogen (secondary N) is 2. The molecule has 32 heavy (non-hydrogen) atoms. The average Bonchev–Trinajstić information content (AvgIpc) is 2.80. The number of nitriles is 1. The minimum Gasteiger partial charge on any atom is -0.321 e. The lowest BCUT2D eigenvalue weighted by molar-refractivity contribution is -0.113. The number of halogens is 2. The minimum absolute atomic E-state index is 0.0241. The summed E-state index contributed by atoms with van der Waals surface area (Å²) in [4.78, 5) is 26.6. The van der Waals surface area contributed by atoms with Gasteiger partial charge in [-0.1, -0.05) is 53.5 Å². The van der Waals surface area contributed by atoms with Crippen LogP contribution in [0, 0.1) is 11.3 Å². The Labute approximate surface area is 200 Å². The largest absolute Gasteiger partial charge is 0.321 e. The van der Waals surface area contributed by atoms with E-state index in [4.69, 9.17) is 28.5 Å². The molecule has 3 aromatic carbocycles. The molecular weight excluding hydrogens is 465 g/mol. The van der Waals surface area contributed by atoms with Crippen molar-refractivity contribution in [3.8, 4) is 6.07 Å². The van der Waals surface area contributed by atoms with Crippen LogP contribution >= 0.6 is 35.0 Å². The number of amides is 2. The number of hydrogen-bond acceptors (Lipinski definition) is 4. The lowest BCUT2D eigenvalue weighted by Gasteiger charge is -2.13. The van der Waals surface area contributed by atoms with E-state index in [0.717, 1.165) is 4.90 Å². The summed E-state index contributed by atoms with van der Waals surface area (Å²) < 4.78 is 0. The molecule has 3 rings (SSSR count). The fourth-order valence-corrected chi connectivity index (χ4v) is 3.84. The van der Waals surface area contributed by atoms with Crippen LogP contribution in [0.4, 0.5) is 5.69 Å². The summed E-state index contributed by atoms with van der Waals surface area (Å²) in [5.74, 6) is -0.707. The highest BCUT2D eigenvalue weighted by molar-refractivity contribution is 7.99. The SMILES string of the molecule is N#CCSc1cccc(NC(=O)/C(=C\c2c(Cl)cccc2Cl)NC(=O)c2ccccc2)c1. The van der Waals surface area contributed by atoms with Crippen molar-refractivity contribution in [2.45, 2.75) is 4.90 Å². The number of rotatable bonds is 7. The second kappa shape index (κ2) is 11.4. The van der Waals surface area contributed by atoms with E-state index in [1.807, 2.05) is 6.07 Å². The third kappa shape index (κ3) is 6.38. The van der Waals surface area contributed by atoms with Gasteiger partial charge in [0.05, 0.1) is 11.8 Å². The molecule has 0 aromatic heterocycles. The smallest absolute Gasteiger partial charge is 0.272 e. The van der Waals surface area contributed by atoms with E-state index in [0.29, 0.717) is 32.6 Å². The van der Waals surface area contributed by atoms with Crippen molar-refractivity contribution >= 4 is 58.5 Å². The Morgan fingerprint density at radius 2 is 1.66 bits per heavy atom. The summed E-state index contributed by atoms with van der Waals surface area (Å²) in [5, 5.41) is 14.9. The van der Waals surface area contributed by atoms with Crippen LogP contribution in [0.2, 0.25) is 10.0 Å². The number of benzene rings is 3. The summed E-state index contributed by atoms with van der Waals surface area (Å²) in [6.07, 6.45) is 1.44. The summed E-state index contributed by atoms with van der Waals surface area (Å²) >= 11 is 13.9. The Bertz CT molecular complexity index is 1190. The van der Waals surface area contributed by atoms with Crippen LogP contribution in [-0.2, 0) is 4.79 Å². The Hall–Kier alpha value is -3.24. The van der Waals surface area contributed by atoms with E-state index < -0.39 is 11.8 Å². The molecule has 0 aliphatic heterocycles. The maximum atomic E-state index is 13.1. The molecule has 0 fully saturated rings. The molecule has 0 saturated heterocycles. The van der Waals surface area contributed by atoms with E-state index >= 15 is 0 Å². The van der Waals surface area contributed by atoms with Crippen molar-refractivity contribution < 1.29 is 9.59 Å². The monoisotopic (exact) mass is 481 g/mol. The van der Waals surface area contributed by atoms with Gasteiger partial charge in [0.15, 0.2) is 0 Å². The van der Waals surface area contributed by atoms with Gasteiger partial charge in [-0.05, 0) is 48.5 Å². The quantitative estimate of drug-likeness (QED) is 0.319. The maximum absolute atomic E-state index is 13.1. The van der Waals surface area contributed by atoms with Gasteiger partial charge < -0.3 is 10.6 Å². The van der Waals surface area contributed by atoms with Crippen LogP contribution in [0.1, 0.15) is 15.9 Å². The first-order valence-electron chi connectivity index (χ1n) is 9.41. The molecule has 0 bridgehead atoms. The number of nitrogens with zero attached hydrogens (tertiary/aromatic N) is 1. The predicted molar refractivity (Wildman–Crippen MR) is 130 cm³/mol. The molecule has 2 N–H and O–H groups in total. The maximum Gasteiger partial charge on any atom is 0.272 e. The molecule has 0 aliphatic rings. The van der Waals surface area contributed by atoms with E-state index in [2.05, 4.69) is 16.7 Å². The fourth-order valence-electron chi connectivity index (χ4n) is 2.71. The van der Waals surface area contributed by atoms with Crippen molar-refractivity contribution in [1.29, 1.82) is 5.26 Å². The number of thioether (sulfide) groups is 1. The Morgan fingerprint density at radius 3 is 2.34 bits per heavy atom. The molecule has 3 aromatic rings. The summed E-state index contributed by atoms with van der Waals surface area (Å²) in [5.41, 5.74) is 1.30. The lowest BCUT2D eigenvalue weighted by atomic mass is 10.1. The Morgan fingerprint density at radius 1 is 0.969 bits per heavy atom. The molecule has 0 radical (unpaired) electrons. The fraction of sp³-hybridized carbons (Fsp3) is 0.0417. The van der Waals surface area contributed by atoms with Gasteiger partial charge in [-0.25, -0.2) is 0 Å². The highest BCUT2D eigenvalue weighted by Gasteiger charge is 2.17. The summed E-state index contributed by atoms with van der Waals surface area (Å²) in [6, 6.07) is 22.7. The zero-order chi connectivity index (χ0) is 22.9. The average molecular weight is 482 g/mol. The van der Waals surface area contributed by atoms with Gasteiger partial charge in [0.25, 0.3) is 11.8 Å². The molecule has 2 amide bonds. The van der Waals surface area contributed by atoms with E-state index in [1.54, 1.807) is 66.7 Å². The van der Waals surface area contributed by atoms with Gasteiger partial charge in [-0.15, -0.1) is 11.8 Å². The molecule has 0 aliphatic carbocycles. The molecule has 0 heterocycles. The number of hydrogen-bond donors (Lipinski definition) is 2.